The van der Waals surface area contributed by atoms with E-state index in [4.69, 9.17) is 0 Å². The lowest BCUT2D eigenvalue weighted by Crippen LogP contribution is -2.50. The number of amides is 1. The largest absolute Gasteiger partial charge is 0.353 e. The molecule has 0 spiro atoms. The molecule has 0 radical (unpaired) electrons. The van der Waals surface area contributed by atoms with E-state index in [1.54, 1.807) is 12.1 Å². The minimum Gasteiger partial charge on any atom is -0.353 e. The first-order valence-corrected chi connectivity index (χ1v) is 8.17. The van der Waals surface area contributed by atoms with Crippen molar-refractivity contribution < 1.29 is 9.18 Å². The molecule has 23 heavy (non-hydrogen) atoms. The number of carbonyl (C=O) groups excluding carboxylic acids is 1. The number of halogens is 2. The molecule has 0 aliphatic carbocycles. The molecular weight excluding hydrogens is 317 g/mol. The van der Waals surface area contributed by atoms with Crippen LogP contribution < -0.4 is 10.6 Å². The van der Waals surface area contributed by atoms with Crippen molar-refractivity contribution in [2.24, 2.45) is 0 Å². The molecule has 0 saturated carbocycles. The van der Waals surface area contributed by atoms with Gasteiger partial charge in [0.2, 0.25) is 5.91 Å². The first-order chi connectivity index (χ1) is 10.7. The predicted octanol–water partition coefficient (Wildman–Crippen LogP) is 2.33. The Balaban J connectivity index is 0.00000264. The number of hydrogen-bond donors (Lipinski definition) is 2. The number of hydrogen-bond acceptors (Lipinski definition) is 3. The molecular formula is C17H27ClFN3O. The maximum atomic E-state index is 13.0. The smallest absolute Gasteiger partial charge is 0.237 e. The lowest BCUT2D eigenvalue weighted by molar-refractivity contribution is -0.127. The number of likely N-dealkylation sites (N-methyl/N-ethyl adjacent to an activating group) is 1. The van der Waals surface area contributed by atoms with Crippen LogP contribution in [0.15, 0.2) is 24.3 Å². The number of piperidine rings is 1. The summed E-state index contributed by atoms with van der Waals surface area (Å²) in [5, 5.41) is 6.21. The summed E-state index contributed by atoms with van der Waals surface area (Å²) in [7, 11) is 0. The van der Waals surface area contributed by atoms with Gasteiger partial charge < -0.3 is 10.6 Å². The van der Waals surface area contributed by atoms with Gasteiger partial charge in [-0.3, -0.25) is 9.69 Å². The van der Waals surface area contributed by atoms with Crippen LogP contribution in [0.25, 0.3) is 0 Å². The van der Waals surface area contributed by atoms with Gasteiger partial charge in [-0.2, -0.15) is 0 Å². The molecule has 1 unspecified atom stereocenters. The Bertz CT molecular complexity index is 469. The Labute approximate surface area is 144 Å². The zero-order chi connectivity index (χ0) is 15.8. The summed E-state index contributed by atoms with van der Waals surface area (Å²) in [6.07, 6.45) is 3.10. The van der Waals surface area contributed by atoms with Crippen LogP contribution in [-0.4, -0.2) is 43.0 Å². The van der Waals surface area contributed by atoms with Crippen LogP contribution in [0, 0.1) is 5.82 Å². The first-order valence-electron chi connectivity index (χ1n) is 8.17. The van der Waals surface area contributed by atoms with Gasteiger partial charge in [-0.25, -0.2) is 4.39 Å². The van der Waals surface area contributed by atoms with E-state index in [2.05, 4.69) is 15.5 Å². The molecule has 4 nitrogen and oxygen atoms in total. The molecule has 1 saturated heterocycles. The van der Waals surface area contributed by atoms with Crippen LogP contribution in [0.1, 0.15) is 31.7 Å². The number of nitrogens with one attached hydrogen (secondary N) is 2. The zero-order valence-corrected chi connectivity index (χ0v) is 14.5. The third-order valence-electron chi connectivity index (χ3n) is 4.07. The Morgan fingerprint density at radius 2 is 2.00 bits per heavy atom. The Hall–Kier alpha value is -1.17. The molecule has 2 rings (SSSR count). The summed E-state index contributed by atoms with van der Waals surface area (Å²) in [5.41, 5.74) is 1.05. The third kappa shape index (κ3) is 6.45. The fourth-order valence-corrected chi connectivity index (χ4v) is 2.87. The molecule has 1 aromatic carbocycles. The Kier molecular flexibility index (Phi) is 9.14. The fraction of sp³-hybridized carbons (Fsp3) is 0.588. The van der Waals surface area contributed by atoms with Gasteiger partial charge in [0.25, 0.3) is 0 Å². The summed E-state index contributed by atoms with van der Waals surface area (Å²) in [4.78, 5) is 14.6. The highest BCUT2D eigenvalue weighted by atomic mass is 35.5. The molecule has 1 aliphatic rings. The van der Waals surface area contributed by atoms with Crippen LogP contribution in [0.3, 0.4) is 0 Å². The zero-order valence-electron chi connectivity index (χ0n) is 13.7. The van der Waals surface area contributed by atoms with Gasteiger partial charge in [-0.05, 0) is 43.6 Å². The van der Waals surface area contributed by atoms with E-state index in [0.717, 1.165) is 44.5 Å². The number of carbonyl (C=O) groups is 1. The Morgan fingerprint density at radius 1 is 1.26 bits per heavy atom. The summed E-state index contributed by atoms with van der Waals surface area (Å²) in [6.45, 7) is 6.04. The van der Waals surface area contributed by atoms with Gasteiger partial charge in [0.15, 0.2) is 0 Å². The molecule has 1 atom stereocenters. The molecule has 1 aliphatic heterocycles. The molecule has 0 bridgehead atoms. The Morgan fingerprint density at radius 3 is 2.70 bits per heavy atom. The van der Waals surface area contributed by atoms with Crippen molar-refractivity contribution in [2.45, 2.75) is 38.8 Å². The fourth-order valence-electron chi connectivity index (χ4n) is 2.87. The topological polar surface area (TPSA) is 44.4 Å². The van der Waals surface area contributed by atoms with E-state index < -0.39 is 0 Å². The van der Waals surface area contributed by atoms with Gasteiger partial charge in [0.1, 0.15) is 5.82 Å². The third-order valence-corrected chi connectivity index (χ3v) is 4.07. The second-order valence-corrected chi connectivity index (χ2v) is 5.75. The van der Waals surface area contributed by atoms with E-state index in [-0.39, 0.29) is 30.2 Å². The van der Waals surface area contributed by atoms with E-state index in [9.17, 15) is 9.18 Å². The lowest BCUT2D eigenvalue weighted by Gasteiger charge is -2.34. The molecule has 1 fully saturated rings. The molecule has 2 N–H and O–H groups in total. The number of rotatable bonds is 7. The van der Waals surface area contributed by atoms with E-state index in [1.807, 2.05) is 6.92 Å². The van der Waals surface area contributed by atoms with Gasteiger partial charge in [0, 0.05) is 19.6 Å². The minimum absolute atomic E-state index is 0. The van der Waals surface area contributed by atoms with Gasteiger partial charge in [-0.15, -0.1) is 12.4 Å². The number of likely N-dealkylation sites (tertiary alicyclic amines) is 1. The molecule has 1 aromatic rings. The summed E-state index contributed by atoms with van der Waals surface area (Å²) < 4.78 is 13.0. The van der Waals surface area contributed by atoms with Crippen molar-refractivity contribution in [3.05, 3.63) is 35.6 Å². The van der Waals surface area contributed by atoms with Crippen LogP contribution in [0.4, 0.5) is 4.39 Å². The van der Waals surface area contributed by atoms with Crippen molar-refractivity contribution in [3.8, 4) is 0 Å². The number of nitrogens with zero attached hydrogens (tertiary/aromatic N) is 1. The van der Waals surface area contributed by atoms with Crippen molar-refractivity contribution in [1.82, 2.24) is 15.5 Å². The molecule has 1 heterocycles. The van der Waals surface area contributed by atoms with Crippen LogP contribution >= 0.6 is 12.4 Å². The maximum Gasteiger partial charge on any atom is 0.237 e. The SMILES string of the molecule is CCNCCNC(=O)C1CCCCN1Cc1ccc(F)cc1.Cl. The van der Waals surface area contributed by atoms with Gasteiger partial charge >= 0.3 is 0 Å². The van der Waals surface area contributed by atoms with Crippen molar-refractivity contribution in [1.29, 1.82) is 0 Å². The monoisotopic (exact) mass is 343 g/mol. The van der Waals surface area contributed by atoms with E-state index in [0.29, 0.717) is 13.1 Å². The molecule has 130 valence electrons. The van der Waals surface area contributed by atoms with Crippen molar-refractivity contribution in [3.63, 3.8) is 0 Å². The summed E-state index contributed by atoms with van der Waals surface area (Å²) in [5.74, 6) is -0.111. The number of benzene rings is 1. The second-order valence-electron chi connectivity index (χ2n) is 5.75. The van der Waals surface area contributed by atoms with Crippen LogP contribution in [0.5, 0.6) is 0 Å². The maximum absolute atomic E-state index is 13.0. The normalized spacial score (nSPS) is 18.3. The van der Waals surface area contributed by atoms with E-state index in [1.165, 1.54) is 12.1 Å². The molecule has 1 amide bonds. The highest BCUT2D eigenvalue weighted by Gasteiger charge is 2.28. The molecule has 6 heteroatoms. The minimum atomic E-state index is -0.222. The standard InChI is InChI=1S/C17H26FN3O.ClH/c1-2-19-10-11-20-17(22)16-5-3-4-12-21(16)13-14-6-8-15(18)9-7-14;/h6-9,16,19H,2-5,10-13H2,1H3,(H,20,22);1H. The summed E-state index contributed by atoms with van der Waals surface area (Å²) in [6, 6.07) is 6.48. The van der Waals surface area contributed by atoms with Crippen LogP contribution in [0.2, 0.25) is 0 Å². The lowest BCUT2D eigenvalue weighted by atomic mass is 10.0. The van der Waals surface area contributed by atoms with E-state index >= 15 is 0 Å². The van der Waals surface area contributed by atoms with Gasteiger partial charge in [-0.1, -0.05) is 25.5 Å². The predicted molar refractivity (Wildman–Crippen MR) is 93.3 cm³/mol. The van der Waals surface area contributed by atoms with Gasteiger partial charge in [0.05, 0.1) is 6.04 Å². The quantitative estimate of drug-likeness (QED) is 0.747. The highest BCUT2D eigenvalue weighted by Crippen LogP contribution is 2.20. The average Bonchev–Trinajstić information content (AvgIpc) is 2.54. The summed E-state index contributed by atoms with van der Waals surface area (Å²) >= 11 is 0. The van der Waals surface area contributed by atoms with Crippen LogP contribution in [-0.2, 0) is 11.3 Å². The molecule has 0 aromatic heterocycles. The van der Waals surface area contributed by atoms with Crippen molar-refractivity contribution in [2.75, 3.05) is 26.2 Å². The highest BCUT2D eigenvalue weighted by molar-refractivity contribution is 5.85. The van der Waals surface area contributed by atoms with Crippen molar-refractivity contribution >= 4 is 18.3 Å². The average molecular weight is 344 g/mol. The second kappa shape index (κ2) is 10.6. The first kappa shape index (κ1) is 19.9.